The quantitative estimate of drug-likeness (QED) is 0.590. The van der Waals surface area contributed by atoms with Crippen molar-refractivity contribution in [2.24, 2.45) is 0 Å². The van der Waals surface area contributed by atoms with Crippen molar-refractivity contribution in [2.75, 3.05) is 6.54 Å². The van der Waals surface area contributed by atoms with E-state index >= 15 is 0 Å². The number of piperidine rings is 2. The van der Waals surface area contributed by atoms with Crippen molar-refractivity contribution in [1.29, 1.82) is 0 Å². The van der Waals surface area contributed by atoms with Crippen LogP contribution in [0, 0.1) is 0 Å². The standard InChI is InChI=1S/C10H16F3N/c11-10(12,13)9-6-3-5-8-4-1-2-7-14(8)9/h8-9H,1-7H2. The summed E-state index contributed by atoms with van der Waals surface area (Å²) in [4.78, 5) is 1.70. The Hall–Kier alpha value is -0.250. The zero-order valence-corrected chi connectivity index (χ0v) is 8.19. The summed E-state index contributed by atoms with van der Waals surface area (Å²) in [6.07, 6.45) is 0.995. The van der Waals surface area contributed by atoms with Crippen molar-refractivity contribution in [2.45, 2.75) is 56.8 Å². The first-order valence-corrected chi connectivity index (χ1v) is 5.41. The van der Waals surface area contributed by atoms with Crippen LogP contribution in [0.2, 0.25) is 0 Å². The fourth-order valence-corrected chi connectivity index (χ4v) is 2.81. The summed E-state index contributed by atoms with van der Waals surface area (Å²) < 4.78 is 38.0. The van der Waals surface area contributed by atoms with E-state index in [2.05, 4.69) is 0 Å². The molecule has 0 aromatic carbocycles. The Balaban J connectivity index is 2.09. The molecular formula is C10H16F3N. The van der Waals surface area contributed by atoms with Crippen molar-refractivity contribution in [1.82, 2.24) is 4.90 Å². The Morgan fingerprint density at radius 3 is 2.36 bits per heavy atom. The molecule has 2 aliphatic rings. The Morgan fingerprint density at radius 1 is 0.929 bits per heavy atom. The molecule has 0 bridgehead atoms. The maximum atomic E-state index is 12.7. The first-order valence-electron chi connectivity index (χ1n) is 5.41. The predicted molar refractivity (Wildman–Crippen MR) is 48.0 cm³/mol. The maximum Gasteiger partial charge on any atom is 0.404 e. The molecule has 0 radical (unpaired) electrons. The molecular weight excluding hydrogens is 191 g/mol. The molecule has 0 aliphatic carbocycles. The fraction of sp³-hybridized carbons (Fsp3) is 1.00. The van der Waals surface area contributed by atoms with Gasteiger partial charge in [0.1, 0.15) is 6.04 Å². The smallest absolute Gasteiger partial charge is 0.289 e. The lowest BCUT2D eigenvalue weighted by atomic mass is 9.89. The van der Waals surface area contributed by atoms with E-state index in [1.54, 1.807) is 4.90 Å². The van der Waals surface area contributed by atoms with Crippen LogP contribution in [0.5, 0.6) is 0 Å². The van der Waals surface area contributed by atoms with Crippen molar-refractivity contribution >= 4 is 0 Å². The predicted octanol–water partition coefficient (Wildman–Crippen LogP) is 2.96. The SMILES string of the molecule is FC(F)(F)C1CCCC2CCCCN21. The molecule has 2 unspecified atom stereocenters. The third-order valence-electron chi connectivity index (χ3n) is 3.47. The van der Waals surface area contributed by atoms with Crippen LogP contribution in [0.15, 0.2) is 0 Å². The molecule has 2 heterocycles. The molecule has 0 saturated carbocycles. The number of alkyl halides is 3. The van der Waals surface area contributed by atoms with Crippen LogP contribution in [0.4, 0.5) is 13.2 Å². The molecule has 14 heavy (non-hydrogen) atoms. The highest BCUT2D eigenvalue weighted by Crippen LogP contribution is 2.37. The lowest BCUT2D eigenvalue weighted by molar-refractivity contribution is -0.202. The van der Waals surface area contributed by atoms with Gasteiger partial charge in [0.25, 0.3) is 0 Å². The molecule has 0 aromatic heterocycles. The average molecular weight is 207 g/mol. The number of hydrogen-bond acceptors (Lipinski definition) is 1. The Bertz CT molecular complexity index is 200. The normalized spacial score (nSPS) is 35.4. The van der Waals surface area contributed by atoms with Crippen LogP contribution in [-0.2, 0) is 0 Å². The zero-order chi connectivity index (χ0) is 10.2. The second kappa shape index (κ2) is 3.72. The van der Waals surface area contributed by atoms with Gasteiger partial charge in [-0.25, -0.2) is 0 Å². The summed E-state index contributed by atoms with van der Waals surface area (Å²) >= 11 is 0. The third-order valence-corrected chi connectivity index (χ3v) is 3.47. The summed E-state index contributed by atoms with van der Waals surface area (Å²) in [5.41, 5.74) is 0. The summed E-state index contributed by atoms with van der Waals surface area (Å²) in [7, 11) is 0. The maximum absolute atomic E-state index is 12.7. The van der Waals surface area contributed by atoms with Gasteiger partial charge in [-0.2, -0.15) is 13.2 Å². The summed E-state index contributed by atoms with van der Waals surface area (Å²) in [5.74, 6) is 0. The van der Waals surface area contributed by atoms with Crippen molar-refractivity contribution in [3.63, 3.8) is 0 Å². The Kier molecular flexibility index (Phi) is 2.73. The number of halogens is 3. The number of rotatable bonds is 0. The zero-order valence-electron chi connectivity index (χ0n) is 8.19. The topological polar surface area (TPSA) is 3.24 Å². The van der Waals surface area contributed by atoms with Crippen LogP contribution < -0.4 is 0 Å². The molecule has 2 atom stereocenters. The highest BCUT2D eigenvalue weighted by atomic mass is 19.4. The van der Waals surface area contributed by atoms with E-state index in [1.807, 2.05) is 0 Å². The van der Waals surface area contributed by atoms with Crippen molar-refractivity contribution in [3.05, 3.63) is 0 Å². The van der Waals surface area contributed by atoms with Gasteiger partial charge in [0.2, 0.25) is 0 Å². The van der Waals surface area contributed by atoms with E-state index in [4.69, 9.17) is 0 Å². The van der Waals surface area contributed by atoms with Gasteiger partial charge in [-0.15, -0.1) is 0 Å². The highest BCUT2D eigenvalue weighted by Gasteiger charge is 2.47. The van der Waals surface area contributed by atoms with Gasteiger partial charge in [0.15, 0.2) is 0 Å². The van der Waals surface area contributed by atoms with Crippen LogP contribution in [0.1, 0.15) is 38.5 Å². The second-order valence-electron chi connectivity index (χ2n) is 4.38. The minimum absolute atomic E-state index is 0.212. The molecule has 0 amide bonds. The number of nitrogens with zero attached hydrogens (tertiary/aromatic N) is 1. The largest absolute Gasteiger partial charge is 0.404 e. The van der Waals surface area contributed by atoms with E-state index in [0.717, 1.165) is 32.1 Å². The first-order chi connectivity index (χ1) is 6.59. The van der Waals surface area contributed by atoms with E-state index in [9.17, 15) is 13.2 Å². The van der Waals surface area contributed by atoms with Gasteiger partial charge in [-0.3, -0.25) is 4.90 Å². The van der Waals surface area contributed by atoms with E-state index in [1.165, 1.54) is 0 Å². The molecule has 2 rings (SSSR count). The summed E-state index contributed by atoms with van der Waals surface area (Å²) in [5, 5.41) is 0. The van der Waals surface area contributed by atoms with Crippen molar-refractivity contribution < 1.29 is 13.2 Å². The molecule has 0 N–H and O–H groups in total. The first kappa shape index (κ1) is 10.3. The minimum atomic E-state index is -4.02. The van der Waals surface area contributed by atoms with E-state index in [-0.39, 0.29) is 6.04 Å². The summed E-state index contributed by atoms with van der Waals surface area (Å²) in [6, 6.07) is -0.939. The molecule has 2 aliphatic heterocycles. The molecule has 2 saturated heterocycles. The molecule has 0 spiro atoms. The molecule has 2 fully saturated rings. The second-order valence-corrected chi connectivity index (χ2v) is 4.38. The lowest BCUT2D eigenvalue weighted by Crippen LogP contribution is -2.55. The number of hydrogen-bond donors (Lipinski definition) is 0. The van der Waals surface area contributed by atoms with Gasteiger partial charge in [0.05, 0.1) is 0 Å². The minimum Gasteiger partial charge on any atom is -0.289 e. The third kappa shape index (κ3) is 1.90. The summed E-state index contributed by atoms with van der Waals surface area (Å²) in [6.45, 7) is 0.648. The lowest BCUT2D eigenvalue weighted by Gasteiger charge is -2.45. The fourth-order valence-electron chi connectivity index (χ4n) is 2.81. The van der Waals surface area contributed by atoms with Gasteiger partial charge >= 0.3 is 6.18 Å². The van der Waals surface area contributed by atoms with Crippen LogP contribution in [0.3, 0.4) is 0 Å². The van der Waals surface area contributed by atoms with Gasteiger partial charge < -0.3 is 0 Å². The molecule has 0 aromatic rings. The van der Waals surface area contributed by atoms with Crippen LogP contribution in [0.25, 0.3) is 0 Å². The van der Waals surface area contributed by atoms with Gasteiger partial charge in [-0.1, -0.05) is 6.42 Å². The monoisotopic (exact) mass is 207 g/mol. The highest BCUT2D eigenvalue weighted by molar-refractivity contribution is 4.90. The van der Waals surface area contributed by atoms with Gasteiger partial charge in [0, 0.05) is 6.04 Å². The van der Waals surface area contributed by atoms with Crippen LogP contribution >= 0.6 is 0 Å². The molecule has 4 heteroatoms. The molecule has 82 valence electrons. The van der Waals surface area contributed by atoms with Crippen molar-refractivity contribution in [3.8, 4) is 0 Å². The molecule has 1 nitrogen and oxygen atoms in total. The van der Waals surface area contributed by atoms with Gasteiger partial charge in [-0.05, 0) is 38.6 Å². The Morgan fingerprint density at radius 2 is 1.64 bits per heavy atom. The van der Waals surface area contributed by atoms with E-state index < -0.39 is 12.2 Å². The number of fused-ring (bicyclic) bond motifs is 1. The Labute approximate surface area is 82.3 Å². The average Bonchev–Trinajstić information content (AvgIpc) is 2.15. The van der Waals surface area contributed by atoms with Crippen LogP contribution in [-0.4, -0.2) is 29.7 Å². The van der Waals surface area contributed by atoms with E-state index in [0.29, 0.717) is 13.0 Å².